The topological polar surface area (TPSA) is 42.8 Å². The summed E-state index contributed by atoms with van der Waals surface area (Å²) in [5.74, 6) is 0.118. The Morgan fingerprint density at radius 3 is 2.45 bits per heavy atom. The molecule has 1 saturated heterocycles. The molecule has 31 heavy (non-hydrogen) atoms. The first-order valence-corrected chi connectivity index (χ1v) is 10.3. The summed E-state index contributed by atoms with van der Waals surface area (Å²) in [6.07, 6.45) is 5.41. The maximum atomic E-state index is 12.3. The maximum absolute atomic E-state index is 12.3. The van der Waals surface area contributed by atoms with Gasteiger partial charge >= 0.3 is 6.61 Å². The standard InChI is InChI=1S/C23H26F2N4O2/c1-27(20-11-13-28(14-12-20)15-18-5-3-2-4-6-18)31-29-16-22(26-17-29)19-7-9-21(10-8-19)30-23(24)25/h2-10,16-17,20,23H,11-15H2,1H3. The third-order valence-corrected chi connectivity index (χ3v) is 5.48. The van der Waals surface area contributed by atoms with Crippen molar-refractivity contribution in [1.82, 2.24) is 19.7 Å². The largest absolute Gasteiger partial charge is 0.435 e. The lowest BCUT2D eigenvalue weighted by molar-refractivity contribution is -0.179. The van der Waals surface area contributed by atoms with E-state index in [1.807, 2.05) is 18.2 Å². The third kappa shape index (κ3) is 5.80. The van der Waals surface area contributed by atoms with Crippen LogP contribution in [-0.2, 0) is 6.54 Å². The van der Waals surface area contributed by atoms with Gasteiger partial charge in [0.15, 0.2) is 0 Å². The average molecular weight is 428 g/mol. The summed E-state index contributed by atoms with van der Waals surface area (Å²) < 4.78 is 30.5. The van der Waals surface area contributed by atoms with Gasteiger partial charge in [-0.2, -0.15) is 13.5 Å². The molecule has 164 valence electrons. The second-order valence-corrected chi connectivity index (χ2v) is 7.64. The number of hydrogen-bond donors (Lipinski definition) is 0. The number of ether oxygens (including phenoxy) is 1. The van der Waals surface area contributed by atoms with Crippen molar-refractivity contribution in [2.24, 2.45) is 0 Å². The summed E-state index contributed by atoms with van der Waals surface area (Å²) in [6, 6.07) is 17.2. The molecule has 2 heterocycles. The number of hydrogen-bond acceptors (Lipinski definition) is 5. The van der Waals surface area contributed by atoms with Crippen LogP contribution in [0.5, 0.6) is 5.75 Å². The van der Waals surface area contributed by atoms with E-state index in [4.69, 9.17) is 4.94 Å². The Balaban J connectivity index is 1.28. The minimum Gasteiger partial charge on any atom is -0.435 e. The highest BCUT2D eigenvalue weighted by Gasteiger charge is 2.24. The lowest BCUT2D eigenvalue weighted by Crippen LogP contribution is -2.46. The van der Waals surface area contributed by atoms with Crippen molar-refractivity contribution in [1.29, 1.82) is 0 Å². The number of halogens is 2. The first-order chi connectivity index (χ1) is 15.1. The summed E-state index contributed by atoms with van der Waals surface area (Å²) >= 11 is 0. The van der Waals surface area contributed by atoms with Crippen molar-refractivity contribution in [3.63, 3.8) is 0 Å². The first-order valence-electron chi connectivity index (χ1n) is 10.3. The molecule has 1 aliphatic heterocycles. The number of likely N-dealkylation sites (tertiary alicyclic amines) is 1. The molecule has 3 aromatic rings. The number of hydroxylamine groups is 2. The second kappa shape index (κ2) is 9.89. The molecule has 0 unspecified atom stereocenters. The summed E-state index contributed by atoms with van der Waals surface area (Å²) in [7, 11) is 1.94. The molecule has 1 aromatic heterocycles. The molecule has 0 radical (unpaired) electrons. The van der Waals surface area contributed by atoms with Gasteiger partial charge in [0.25, 0.3) is 0 Å². The van der Waals surface area contributed by atoms with E-state index in [0.717, 1.165) is 38.0 Å². The predicted octanol–water partition coefficient (Wildman–Crippen LogP) is 4.09. The average Bonchev–Trinajstić information content (AvgIpc) is 3.23. The van der Waals surface area contributed by atoms with E-state index in [1.165, 1.54) is 17.7 Å². The molecule has 0 atom stereocenters. The Labute approximate surface area is 180 Å². The molecule has 0 aliphatic carbocycles. The van der Waals surface area contributed by atoms with E-state index in [-0.39, 0.29) is 5.75 Å². The van der Waals surface area contributed by atoms with E-state index in [0.29, 0.717) is 11.7 Å². The van der Waals surface area contributed by atoms with Gasteiger partial charge in [-0.05, 0) is 42.7 Å². The number of alkyl halides is 2. The van der Waals surface area contributed by atoms with E-state index in [9.17, 15) is 8.78 Å². The fourth-order valence-corrected chi connectivity index (χ4v) is 3.81. The number of nitrogens with zero attached hydrogens (tertiary/aromatic N) is 4. The number of aromatic nitrogens is 2. The second-order valence-electron chi connectivity index (χ2n) is 7.64. The Morgan fingerprint density at radius 2 is 1.77 bits per heavy atom. The van der Waals surface area contributed by atoms with Crippen molar-refractivity contribution in [2.45, 2.75) is 32.0 Å². The summed E-state index contributed by atoms with van der Waals surface area (Å²) in [5, 5.41) is 1.88. The zero-order valence-electron chi connectivity index (χ0n) is 17.4. The fourth-order valence-electron chi connectivity index (χ4n) is 3.81. The van der Waals surface area contributed by atoms with Crippen LogP contribution in [0.3, 0.4) is 0 Å². The van der Waals surface area contributed by atoms with Crippen LogP contribution < -0.4 is 9.68 Å². The molecule has 0 N–H and O–H groups in total. The molecule has 1 fully saturated rings. The van der Waals surface area contributed by atoms with Crippen LogP contribution in [0.4, 0.5) is 8.78 Å². The highest BCUT2D eigenvalue weighted by Crippen LogP contribution is 2.22. The zero-order chi connectivity index (χ0) is 21.6. The van der Waals surface area contributed by atoms with Crippen molar-refractivity contribution in [2.75, 3.05) is 20.1 Å². The molecule has 0 bridgehead atoms. The Morgan fingerprint density at radius 1 is 1.06 bits per heavy atom. The minimum atomic E-state index is -2.83. The molecule has 0 saturated carbocycles. The lowest BCUT2D eigenvalue weighted by atomic mass is 10.0. The van der Waals surface area contributed by atoms with Crippen molar-refractivity contribution in [3.05, 3.63) is 72.7 Å². The van der Waals surface area contributed by atoms with Gasteiger partial charge in [0.05, 0.1) is 17.9 Å². The fraction of sp³-hybridized carbons (Fsp3) is 0.348. The van der Waals surface area contributed by atoms with Gasteiger partial charge < -0.3 is 9.68 Å². The van der Waals surface area contributed by atoms with E-state index in [2.05, 4.69) is 38.9 Å². The molecule has 0 spiro atoms. The molecule has 1 aliphatic rings. The third-order valence-electron chi connectivity index (χ3n) is 5.48. The van der Waals surface area contributed by atoms with Gasteiger partial charge in [-0.3, -0.25) is 4.90 Å². The summed E-state index contributed by atoms with van der Waals surface area (Å²) in [5.41, 5.74) is 2.82. The molecule has 6 nitrogen and oxygen atoms in total. The number of benzene rings is 2. The zero-order valence-corrected chi connectivity index (χ0v) is 17.4. The molecule has 4 rings (SSSR count). The normalized spacial score (nSPS) is 15.5. The van der Waals surface area contributed by atoms with Gasteiger partial charge in [0.2, 0.25) is 0 Å². The minimum absolute atomic E-state index is 0.118. The molecule has 2 aromatic carbocycles. The SMILES string of the molecule is CN(On1cnc(-c2ccc(OC(F)F)cc2)c1)C1CCN(Cc2ccccc2)CC1. The number of rotatable bonds is 8. The van der Waals surface area contributed by atoms with Crippen LogP contribution >= 0.6 is 0 Å². The van der Waals surface area contributed by atoms with E-state index < -0.39 is 6.61 Å². The van der Waals surface area contributed by atoms with Crippen LogP contribution in [0.1, 0.15) is 18.4 Å². The highest BCUT2D eigenvalue weighted by molar-refractivity contribution is 5.59. The number of imidazole rings is 1. The monoisotopic (exact) mass is 428 g/mol. The highest BCUT2D eigenvalue weighted by atomic mass is 19.3. The lowest BCUT2D eigenvalue weighted by Gasteiger charge is -2.35. The van der Waals surface area contributed by atoms with Gasteiger partial charge in [0.1, 0.15) is 12.1 Å². The number of piperidine rings is 1. The van der Waals surface area contributed by atoms with Crippen LogP contribution in [0, 0.1) is 0 Å². The van der Waals surface area contributed by atoms with Crippen LogP contribution in [0.2, 0.25) is 0 Å². The van der Waals surface area contributed by atoms with Crippen molar-refractivity contribution < 1.29 is 18.5 Å². The predicted molar refractivity (Wildman–Crippen MR) is 113 cm³/mol. The van der Waals surface area contributed by atoms with E-state index >= 15 is 0 Å². The molecule has 0 amide bonds. The van der Waals surface area contributed by atoms with Crippen LogP contribution in [-0.4, -0.2) is 52.5 Å². The van der Waals surface area contributed by atoms with Crippen molar-refractivity contribution >= 4 is 0 Å². The van der Waals surface area contributed by atoms with E-state index in [1.54, 1.807) is 29.4 Å². The Bertz CT molecular complexity index is 942. The maximum Gasteiger partial charge on any atom is 0.387 e. The Kier molecular flexibility index (Phi) is 6.79. The van der Waals surface area contributed by atoms with Crippen molar-refractivity contribution in [3.8, 4) is 17.0 Å². The van der Waals surface area contributed by atoms with Gasteiger partial charge in [0, 0.05) is 32.2 Å². The van der Waals surface area contributed by atoms with Gasteiger partial charge in [-0.1, -0.05) is 30.3 Å². The van der Waals surface area contributed by atoms with Crippen LogP contribution in [0.25, 0.3) is 11.3 Å². The smallest absolute Gasteiger partial charge is 0.387 e. The summed E-state index contributed by atoms with van der Waals surface area (Å²) in [4.78, 5) is 12.7. The quantitative estimate of drug-likeness (QED) is 0.506. The van der Waals surface area contributed by atoms with Crippen LogP contribution in [0.15, 0.2) is 67.1 Å². The summed E-state index contributed by atoms with van der Waals surface area (Å²) in [6.45, 7) is 0.189. The first kappa shape index (κ1) is 21.3. The molecular formula is C23H26F2N4O2. The Hall–Kier alpha value is -2.97. The molecule has 8 heteroatoms. The molecular weight excluding hydrogens is 402 g/mol. The van der Waals surface area contributed by atoms with Gasteiger partial charge in [-0.15, -0.1) is 5.06 Å². The van der Waals surface area contributed by atoms with Gasteiger partial charge in [-0.25, -0.2) is 4.98 Å².